The second kappa shape index (κ2) is 16.5. The van der Waals surface area contributed by atoms with Crippen molar-refractivity contribution >= 4 is 15.6 Å². The fourth-order valence-electron chi connectivity index (χ4n) is 2.24. The van der Waals surface area contributed by atoms with Crippen LogP contribution < -0.4 is 0 Å². The van der Waals surface area contributed by atoms with Gasteiger partial charge in [0, 0.05) is 16.5 Å². The molecule has 170 valence electrons. The first-order valence-corrected chi connectivity index (χ1v) is 12.2. The van der Waals surface area contributed by atoms with Crippen molar-refractivity contribution < 1.29 is 54.2 Å². The van der Waals surface area contributed by atoms with Crippen LogP contribution in [0.5, 0.6) is 0 Å². The van der Waals surface area contributed by atoms with E-state index < -0.39 is 15.6 Å². The van der Waals surface area contributed by atoms with Crippen LogP contribution in [0.2, 0.25) is 0 Å². The first-order valence-electron chi connectivity index (χ1n) is 9.13. The Bertz CT molecular complexity index is 400. The zero-order valence-electron chi connectivity index (χ0n) is 17.2. The van der Waals surface area contributed by atoms with E-state index in [4.69, 9.17) is 19.6 Å². The molecule has 0 saturated heterocycles. The molecule has 0 aliphatic heterocycles. The number of phosphoric acid groups is 2. The molecule has 0 heterocycles. The van der Waals surface area contributed by atoms with Crippen LogP contribution >= 0.6 is 15.6 Å². The van der Waals surface area contributed by atoms with E-state index in [0.29, 0.717) is 11.8 Å². The van der Waals surface area contributed by atoms with E-state index >= 15 is 0 Å². The Morgan fingerprint density at radius 1 is 0.667 bits per heavy atom. The van der Waals surface area contributed by atoms with Gasteiger partial charge in [0.15, 0.2) is 0 Å². The van der Waals surface area contributed by atoms with Gasteiger partial charge in [-0.05, 0) is 23.7 Å². The first kappa shape index (κ1) is 32.4. The predicted octanol–water partition coefficient (Wildman–Crippen LogP) is 4.33. The van der Waals surface area contributed by atoms with E-state index in [2.05, 4.69) is 36.7 Å². The van der Waals surface area contributed by atoms with E-state index in [0.717, 1.165) is 25.7 Å². The molecule has 0 fully saturated rings. The standard InChI is InChI=1S/2C8H19O4P.Ni/c2*1-4-5-7(2)8(3)6-12-13(9,10)11;/h2*7-8H,4-6H2,1-3H3,(H2,9,10,11);. The number of rotatable bonds is 12. The van der Waals surface area contributed by atoms with Gasteiger partial charge in [-0.2, -0.15) is 0 Å². The van der Waals surface area contributed by atoms with Crippen molar-refractivity contribution in [2.24, 2.45) is 23.7 Å². The molecule has 4 N–H and O–H groups in total. The summed E-state index contributed by atoms with van der Waals surface area (Å²) >= 11 is 0. The Hall–Kier alpha value is 0.714. The molecule has 0 radical (unpaired) electrons. The molecule has 0 aliphatic rings. The third-order valence-corrected chi connectivity index (χ3v) is 5.41. The van der Waals surface area contributed by atoms with Crippen molar-refractivity contribution in [2.75, 3.05) is 13.2 Å². The molecule has 11 heteroatoms. The Morgan fingerprint density at radius 3 is 1.11 bits per heavy atom. The summed E-state index contributed by atoms with van der Waals surface area (Å²) in [7, 11) is -8.56. The molecule has 0 amide bonds. The van der Waals surface area contributed by atoms with E-state index in [1.807, 2.05) is 13.8 Å². The minimum absolute atomic E-state index is 0. The van der Waals surface area contributed by atoms with Crippen LogP contribution in [0.25, 0.3) is 0 Å². The Labute approximate surface area is 174 Å². The maximum absolute atomic E-state index is 10.4. The molecule has 0 spiro atoms. The van der Waals surface area contributed by atoms with Crippen LogP contribution in [0.4, 0.5) is 0 Å². The fraction of sp³-hybridized carbons (Fsp3) is 1.00. The van der Waals surface area contributed by atoms with Crippen molar-refractivity contribution in [1.82, 2.24) is 0 Å². The zero-order valence-corrected chi connectivity index (χ0v) is 20.0. The van der Waals surface area contributed by atoms with Gasteiger partial charge in [0.2, 0.25) is 0 Å². The SMILES string of the molecule is CCCC(C)C(C)COP(=O)(O)O.CCCC(C)C(C)COP(=O)(O)O.[Ni]. The van der Waals surface area contributed by atoms with E-state index in [9.17, 15) is 9.13 Å². The summed E-state index contributed by atoms with van der Waals surface area (Å²) in [6, 6.07) is 0. The van der Waals surface area contributed by atoms with Crippen molar-refractivity contribution in [3.05, 3.63) is 0 Å². The minimum atomic E-state index is -4.28. The van der Waals surface area contributed by atoms with Crippen LogP contribution in [0, 0.1) is 23.7 Å². The topological polar surface area (TPSA) is 134 Å². The van der Waals surface area contributed by atoms with Gasteiger partial charge in [-0.25, -0.2) is 9.13 Å². The molecule has 27 heavy (non-hydrogen) atoms. The zero-order chi connectivity index (χ0) is 21.0. The number of hydrogen-bond donors (Lipinski definition) is 4. The third-order valence-electron chi connectivity index (χ3n) is 4.44. The molecule has 0 bridgehead atoms. The Morgan fingerprint density at radius 2 is 0.926 bits per heavy atom. The summed E-state index contributed by atoms with van der Waals surface area (Å²) in [5.41, 5.74) is 0. The summed E-state index contributed by atoms with van der Waals surface area (Å²) in [6.45, 7) is 12.5. The molecule has 0 aromatic carbocycles. The molecule has 4 unspecified atom stereocenters. The second-order valence-corrected chi connectivity index (χ2v) is 9.54. The van der Waals surface area contributed by atoms with Gasteiger partial charge in [-0.3, -0.25) is 9.05 Å². The maximum Gasteiger partial charge on any atom is 0.469 e. The molecular formula is C16H38NiO8P2. The van der Waals surface area contributed by atoms with Crippen molar-refractivity contribution in [3.8, 4) is 0 Å². The van der Waals surface area contributed by atoms with Crippen LogP contribution in [-0.2, 0) is 34.7 Å². The van der Waals surface area contributed by atoms with Gasteiger partial charge < -0.3 is 19.6 Å². The van der Waals surface area contributed by atoms with Crippen molar-refractivity contribution in [3.63, 3.8) is 0 Å². The van der Waals surface area contributed by atoms with Crippen LogP contribution in [0.15, 0.2) is 0 Å². The van der Waals surface area contributed by atoms with Crippen molar-refractivity contribution in [1.29, 1.82) is 0 Å². The average molecular weight is 479 g/mol. The average Bonchev–Trinajstić information content (AvgIpc) is 2.49. The molecular weight excluding hydrogens is 441 g/mol. The molecule has 4 atom stereocenters. The van der Waals surface area contributed by atoms with Crippen LogP contribution in [-0.4, -0.2) is 32.8 Å². The van der Waals surface area contributed by atoms with Crippen LogP contribution in [0.1, 0.15) is 67.2 Å². The summed E-state index contributed by atoms with van der Waals surface area (Å²) in [5, 5.41) is 0. The van der Waals surface area contributed by atoms with Gasteiger partial charge >= 0.3 is 15.6 Å². The van der Waals surface area contributed by atoms with Gasteiger partial charge in [-0.1, -0.05) is 67.2 Å². The van der Waals surface area contributed by atoms with Crippen molar-refractivity contribution in [2.45, 2.75) is 67.2 Å². The molecule has 0 aliphatic carbocycles. The van der Waals surface area contributed by atoms with E-state index in [1.165, 1.54) is 0 Å². The summed E-state index contributed by atoms with van der Waals surface area (Å²) in [4.78, 5) is 33.9. The Kier molecular flexibility index (Phi) is 19.8. The van der Waals surface area contributed by atoms with E-state index in [1.54, 1.807) is 0 Å². The smallest absolute Gasteiger partial charge is 0.303 e. The molecule has 0 saturated carbocycles. The summed E-state index contributed by atoms with van der Waals surface area (Å²) in [6.07, 6.45) is 4.29. The third kappa shape index (κ3) is 22.9. The number of hydrogen-bond acceptors (Lipinski definition) is 4. The summed E-state index contributed by atoms with van der Waals surface area (Å²) < 4.78 is 29.6. The van der Waals surface area contributed by atoms with E-state index in [-0.39, 0.29) is 41.5 Å². The van der Waals surface area contributed by atoms with Crippen LogP contribution in [0.3, 0.4) is 0 Å². The second-order valence-electron chi connectivity index (χ2n) is 7.06. The molecule has 0 aromatic heterocycles. The Balaban J connectivity index is -0.000000411. The van der Waals surface area contributed by atoms with Gasteiger partial charge in [-0.15, -0.1) is 0 Å². The predicted molar refractivity (Wildman–Crippen MR) is 102 cm³/mol. The van der Waals surface area contributed by atoms with Gasteiger partial charge in [0.25, 0.3) is 0 Å². The first-order chi connectivity index (χ1) is 11.7. The minimum Gasteiger partial charge on any atom is -0.303 e. The quantitative estimate of drug-likeness (QED) is 0.240. The maximum atomic E-state index is 10.4. The van der Waals surface area contributed by atoms with Gasteiger partial charge in [0.05, 0.1) is 13.2 Å². The number of phosphoric ester groups is 2. The molecule has 8 nitrogen and oxygen atoms in total. The summed E-state index contributed by atoms with van der Waals surface area (Å²) in [5.74, 6) is 1.26. The van der Waals surface area contributed by atoms with Gasteiger partial charge in [0.1, 0.15) is 0 Å². The molecule has 0 aromatic rings. The normalized spacial score (nSPS) is 16.4. The fourth-order valence-corrected chi connectivity index (χ4v) is 3.10. The largest absolute Gasteiger partial charge is 0.469 e. The molecule has 0 rings (SSSR count). The monoisotopic (exact) mass is 478 g/mol.